The summed E-state index contributed by atoms with van der Waals surface area (Å²) in [7, 11) is 0. The van der Waals surface area contributed by atoms with E-state index >= 15 is 0 Å². The summed E-state index contributed by atoms with van der Waals surface area (Å²) >= 11 is 0. The Morgan fingerprint density at radius 1 is 0.389 bits per heavy atom. The molecule has 0 spiro atoms. The third kappa shape index (κ3) is 4.36. The average molecular weight is 692 g/mol. The van der Waals surface area contributed by atoms with Crippen LogP contribution in [-0.2, 0) is 0 Å². The van der Waals surface area contributed by atoms with Gasteiger partial charge in [0, 0.05) is 32.8 Å². The number of fused-ring (bicyclic) bond motifs is 5. The minimum atomic E-state index is 0.622. The Morgan fingerprint density at radius 2 is 1.00 bits per heavy atom. The van der Waals surface area contributed by atoms with E-state index in [-0.39, 0.29) is 0 Å². The van der Waals surface area contributed by atoms with E-state index in [1.165, 1.54) is 0 Å². The van der Waals surface area contributed by atoms with Gasteiger partial charge in [-0.25, -0.2) is 15.0 Å². The quantitative estimate of drug-likeness (QED) is 0.162. The van der Waals surface area contributed by atoms with E-state index in [0.717, 1.165) is 104 Å². The predicted molar refractivity (Wildman–Crippen MR) is 223 cm³/mol. The Balaban J connectivity index is 1.10. The zero-order valence-corrected chi connectivity index (χ0v) is 29.0. The van der Waals surface area contributed by atoms with Crippen molar-refractivity contribution in [1.82, 2.24) is 15.0 Å². The summed E-state index contributed by atoms with van der Waals surface area (Å²) < 4.78 is 13.3. The fraction of sp³-hybridized carbons (Fsp3) is 0. The van der Waals surface area contributed by atoms with Crippen LogP contribution >= 0.6 is 0 Å². The number of furan rings is 2. The molecule has 0 aliphatic rings. The van der Waals surface area contributed by atoms with Crippen molar-refractivity contribution in [3.05, 3.63) is 164 Å². The van der Waals surface area contributed by atoms with Gasteiger partial charge in [0.05, 0.1) is 5.39 Å². The van der Waals surface area contributed by atoms with E-state index in [2.05, 4.69) is 79.9 Å². The normalized spacial score (nSPS) is 11.9. The van der Waals surface area contributed by atoms with Gasteiger partial charge in [0.1, 0.15) is 22.3 Å². The van der Waals surface area contributed by atoms with Crippen LogP contribution in [0.15, 0.2) is 162 Å². The van der Waals surface area contributed by atoms with Crippen molar-refractivity contribution in [2.45, 2.75) is 0 Å². The van der Waals surface area contributed by atoms with Crippen LogP contribution in [0, 0.1) is 0 Å². The van der Waals surface area contributed by atoms with Gasteiger partial charge >= 0.3 is 0 Å². The average Bonchev–Trinajstić information content (AvgIpc) is 3.81. The molecule has 3 aromatic heterocycles. The van der Waals surface area contributed by atoms with Gasteiger partial charge in [-0.15, -0.1) is 0 Å². The van der Waals surface area contributed by atoms with Crippen LogP contribution in [0.3, 0.4) is 0 Å². The highest BCUT2D eigenvalue weighted by atomic mass is 16.3. The van der Waals surface area contributed by atoms with Gasteiger partial charge in [-0.2, -0.15) is 0 Å². The van der Waals surface area contributed by atoms with Crippen molar-refractivity contribution in [2.24, 2.45) is 0 Å². The SMILES string of the molecule is C=Cc1c(C=C)c2cc3oc4cc(-c5ccc(-c6nc(-c7ccccc7)nc(-c7ccccc7)n6)c6ccccc56)ccc4c3c3oc4cccc1c4c23. The molecule has 3 heterocycles. The zero-order chi connectivity index (χ0) is 35.9. The topological polar surface area (TPSA) is 65.0 Å². The van der Waals surface area contributed by atoms with Crippen LogP contribution in [0.5, 0.6) is 0 Å². The molecule has 0 aliphatic carbocycles. The molecule has 0 radical (unpaired) electrons. The minimum absolute atomic E-state index is 0.622. The number of benzene rings is 8. The Morgan fingerprint density at radius 3 is 1.70 bits per heavy atom. The van der Waals surface area contributed by atoms with Crippen LogP contribution in [0.1, 0.15) is 11.1 Å². The summed E-state index contributed by atoms with van der Waals surface area (Å²) in [6, 6.07) is 47.6. The second kappa shape index (κ2) is 11.6. The molecule has 0 fully saturated rings. The molecule has 0 bridgehead atoms. The first kappa shape index (κ1) is 30.3. The molecule has 0 atom stereocenters. The van der Waals surface area contributed by atoms with Crippen molar-refractivity contribution < 1.29 is 8.83 Å². The van der Waals surface area contributed by atoms with Gasteiger partial charge in [0.15, 0.2) is 17.5 Å². The molecule has 5 nitrogen and oxygen atoms in total. The van der Waals surface area contributed by atoms with Crippen LogP contribution in [0.4, 0.5) is 0 Å². The maximum atomic E-state index is 6.69. The lowest BCUT2D eigenvalue weighted by Gasteiger charge is -2.13. The molecule has 0 unspecified atom stereocenters. The number of nitrogens with zero attached hydrogens (tertiary/aromatic N) is 3. The lowest BCUT2D eigenvalue weighted by molar-refractivity contribution is 0.663. The molecule has 54 heavy (non-hydrogen) atoms. The summed E-state index contributed by atoms with van der Waals surface area (Å²) in [4.78, 5) is 15.0. The van der Waals surface area contributed by atoms with Crippen LogP contribution in [0.25, 0.3) is 123 Å². The van der Waals surface area contributed by atoms with Gasteiger partial charge in [-0.3, -0.25) is 0 Å². The van der Waals surface area contributed by atoms with Gasteiger partial charge < -0.3 is 8.83 Å². The Bertz CT molecular complexity index is 3240. The first-order valence-corrected chi connectivity index (χ1v) is 17.9. The zero-order valence-electron chi connectivity index (χ0n) is 29.0. The van der Waals surface area contributed by atoms with Gasteiger partial charge in [-0.1, -0.05) is 135 Å². The summed E-state index contributed by atoms with van der Waals surface area (Å²) in [5.74, 6) is 1.89. The number of aromatic nitrogens is 3. The molecular formula is C49H29N3O2. The van der Waals surface area contributed by atoms with E-state index in [0.29, 0.717) is 17.5 Å². The molecule has 0 amide bonds. The van der Waals surface area contributed by atoms with Gasteiger partial charge in [0.2, 0.25) is 0 Å². The van der Waals surface area contributed by atoms with Crippen molar-refractivity contribution in [2.75, 3.05) is 0 Å². The number of rotatable bonds is 6. The van der Waals surface area contributed by atoms with Gasteiger partial charge in [0.25, 0.3) is 0 Å². The molecule has 0 N–H and O–H groups in total. The number of hydrogen-bond acceptors (Lipinski definition) is 5. The van der Waals surface area contributed by atoms with Crippen molar-refractivity contribution in [1.29, 1.82) is 0 Å². The molecule has 252 valence electrons. The highest BCUT2D eigenvalue weighted by Gasteiger charge is 2.24. The molecule has 8 aromatic carbocycles. The van der Waals surface area contributed by atoms with E-state index < -0.39 is 0 Å². The van der Waals surface area contributed by atoms with E-state index in [4.69, 9.17) is 23.8 Å². The maximum Gasteiger partial charge on any atom is 0.164 e. The molecule has 11 aromatic rings. The lowest BCUT2D eigenvalue weighted by Crippen LogP contribution is -2.00. The molecular weight excluding hydrogens is 663 g/mol. The Hall–Kier alpha value is -7.37. The predicted octanol–water partition coefficient (Wildman–Crippen LogP) is 13.4. The van der Waals surface area contributed by atoms with Crippen LogP contribution < -0.4 is 0 Å². The van der Waals surface area contributed by atoms with E-state index in [1.54, 1.807) is 0 Å². The van der Waals surface area contributed by atoms with Crippen LogP contribution in [0.2, 0.25) is 0 Å². The summed E-state index contributed by atoms with van der Waals surface area (Å²) in [5, 5.41) is 8.47. The standard InChI is InChI=1S/C49H29N3O2/c1-3-31-32(4-2)39-27-42-44(46-45(39)43-36(31)20-13-21-40(43)54-46)38-23-22-30(26-41(38)53-42)33-24-25-37(35-19-12-11-18-34(33)35)49-51-47(28-14-7-5-8-15-28)50-48(52-49)29-16-9-6-10-17-29/h3-27H,1-2H2. The van der Waals surface area contributed by atoms with Crippen molar-refractivity contribution in [3.8, 4) is 45.3 Å². The first-order chi connectivity index (χ1) is 26.7. The highest BCUT2D eigenvalue weighted by Crippen LogP contribution is 2.47. The Kier molecular flexibility index (Phi) is 6.49. The Labute approximate surface area is 309 Å². The van der Waals surface area contributed by atoms with Crippen molar-refractivity contribution in [3.63, 3.8) is 0 Å². The van der Waals surface area contributed by atoms with E-state index in [1.807, 2.05) is 84.9 Å². The maximum absolute atomic E-state index is 6.69. The third-order valence-corrected chi connectivity index (χ3v) is 10.7. The summed E-state index contributed by atoms with van der Waals surface area (Å²) in [6.07, 6.45) is 3.81. The fourth-order valence-corrected chi connectivity index (χ4v) is 8.25. The van der Waals surface area contributed by atoms with Crippen LogP contribution in [-0.4, -0.2) is 15.0 Å². The molecule has 5 heteroatoms. The molecule has 0 aliphatic heterocycles. The molecule has 0 saturated heterocycles. The molecule has 0 saturated carbocycles. The summed E-state index contributed by atoms with van der Waals surface area (Å²) in [6.45, 7) is 8.30. The second-order valence-corrected chi connectivity index (χ2v) is 13.6. The largest absolute Gasteiger partial charge is 0.456 e. The molecule has 11 rings (SSSR count). The smallest absolute Gasteiger partial charge is 0.164 e. The first-order valence-electron chi connectivity index (χ1n) is 17.9. The fourth-order valence-electron chi connectivity index (χ4n) is 8.25. The van der Waals surface area contributed by atoms with E-state index in [9.17, 15) is 0 Å². The highest BCUT2D eigenvalue weighted by molar-refractivity contribution is 6.33. The minimum Gasteiger partial charge on any atom is -0.456 e. The number of hydrogen-bond donors (Lipinski definition) is 0. The van der Waals surface area contributed by atoms with Gasteiger partial charge in [-0.05, 0) is 74.1 Å². The van der Waals surface area contributed by atoms with Crippen molar-refractivity contribution >= 4 is 77.6 Å². The second-order valence-electron chi connectivity index (χ2n) is 13.6. The monoisotopic (exact) mass is 691 g/mol. The lowest BCUT2D eigenvalue weighted by atomic mass is 9.90. The summed E-state index contributed by atoms with van der Waals surface area (Å²) in [5.41, 5.74) is 10.2. The third-order valence-electron chi connectivity index (χ3n) is 10.7.